The van der Waals surface area contributed by atoms with Crippen LogP contribution in [0.3, 0.4) is 0 Å². The van der Waals surface area contributed by atoms with Gasteiger partial charge in [0.1, 0.15) is 5.82 Å². The van der Waals surface area contributed by atoms with Gasteiger partial charge in [-0.05, 0) is 42.9 Å². The van der Waals surface area contributed by atoms with Gasteiger partial charge in [0.25, 0.3) is 0 Å². The van der Waals surface area contributed by atoms with Crippen molar-refractivity contribution in [3.8, 4) is 0 Å². The molecule has 0 bridgehead atoms. The lowest BCUT2D eigenvalue weighted by Gasteiger charge is -2.26. The Labute approximate surface area is 106 Å². The number of halogens is 1. The van der Waals surface area contributed by atoms with E-state index in [0.29, 0.717) is 18.1 Å². The third-order valence-electron chi connectivity index (χ3n) is 3.82. The Kier molecular flexibility index (Phi) is 2.73. The van der Waals surface area contributed by atoms with Crippen LogP contribution in [-0.4, -0.2) is 23.9 Å². The Bertz CT molecular complexity index is 494. The molecule has 1 aromatic rings. The number of rotatable bonds is 3. The lowest BCUT2D eigenvalue weighted by atomic mass is 10.0. The molecule has 1 aromatic carbocycles. The first-order valence-electron chi connectivity index (χ1n) is 6.48. The average Bonchev–Trinajstić information content (AvgIpc) is 3.09. The van der Waals surface area contributed by atoms with Gasteiger partial charge in [-0.1, -0.05) is 12.1 Å². The fourth-order valence-electron chi connectivity index (χ4n) is 2.49. The topological polar surface area (TPSA) is 41.6 Å². The maximum absolute atomic E-state index is 13.3. The number of aryl methyl sites for hydroxylation is 1. The van der Waals surface area contributed by atoms with Crippen LogP contribution in [0, 0.1) is 18.7 Å². The first-order valence-corrected chi connectivity index (χ1v) is 6.48. The molecule has 1 aliphatic carbocycles. The third-order valence-corrected chi connectivity index (χ3v) is 3.82. The van der Waals surface area contributed by atoms with Gasteiger partial charge >= 0.3 is 0 Å². The Morgan fingerprint density at radius 2 is 2.22 bits per heavy atom. The van der Waals surface area contributed by atoms with E-state index in [1.165, 1.54) is 18.9 Å². The molecule has 3 rings (SSSR count). The summed E-state index contributed by atoms with van der Waals surface area (Å²) < 4.78 is 13.3. The molecule has 0 saturated heterocycles. The summed E-state index contributed by atoms with van der Waals surface area (Å²) in [5.41, 5.74) is 7.75. The SMILES string of the molecule is Cc1cc(C2CN=C(N)N2CC2CC2)ccc1F. The van der Waals surface area contributed by atoms with Crippen molar-refractivity contribution >= 4 is 5.96 Å². The fourth-order valence-corrected chi connectivity index (χ4v) is 2.49. The minimum Gasteiger partial charge on any atom is -0.370 e. The molecule has 1 fully saturated rings. The van der Waals surface area contributed by atoms with Gasteiger partial charge in [-0.2, -0.15) is 0 Å². The van der Waals surface area contributed by atoms with Crippen LogP contribution in [0.1, 0.15) is 30.0 Å². The fraction of sp³-hybridized carbons (Fsp3) is 0.500. The molecule has 0 radical (unpaired) electrons. The van der Waals surface area contributed by atoms with E-state index in [2.05, 4.69) is 9.89 Å². The van der Waals surface area contributed by atoms with Crippen molar-refractivity contribution in [2.75, 3.05) is 13.1 Å². The summed E-state index contributed by atoms with van der Waals surface area (Å²) in [6.45, 7) is 3.46. The molecule has 18 heavy (non-hydrogen) atoms. The van der Waals surface area contributed by atoms with Crippen LogP contribution in [0.15, 0.2) is 23.2 Å². The molecule has 0 spiro atoms. The molecule has 1 saturated carbocycles. The second-order valence-corrected chi connectivity index (χ2v) is 5.32. The summed E-state index contributed by atoms with van der Waals surface area (Å²) in [4.78, 5) is 6.51. The van der Waals surface area contributed by atoms with E-state index in [4.69, 9.17) is 5.73 Å². The van der Waals surface area contributed by atoms with Crippen LogP contribution in [0.4, 0.5) is 4.39 Å². The normalized spacial score (nSPS) is 23.3. The van der Waals surface area contributed by atoms with E-state index >= 15 is 0 Å². The number of aliphatic imine (C=N–C) groups is 1. The summed E-state index contributed by atoms with van der Waals surface area (Å²) in [7, 11) is 0. The molecular formula is C14H18FN3. The van der Waals surface area contributed by atoms with Crippen LogP contribution < -0.4 is 5.73 Å². The summed E-state index contributed by atoms with van der Waals surface area (Å²) >= 11 is 0. The highest BCUT2D eigenvalue weighted by molar-refractivity contribution is 5.80. The summed E-state index contributed by atoms with van der Waals surface area (Å²) in [5, 5.41) is 0. The van der Waals surface area contributed by atoms with Crippen LogP contribution in [0.25, 0.3) is 0 Å². The van der Waals surface area contributed by atoms with Crippen LogP contribution in [0.2, 0.25) is 0 Å². The predicted octanol–water partition coefficient (Wildman–Crippen LogP) is 2.22. The van der Waals surface area contributed by atoms with Gasteiger partial charge in [0, 0.05) is 6.54 Å². The number of nitrogens with zero attached hydrogens (tertiary/aromatic N) is 2. The van der Waals surface area contributed by atoms with Crippen molar-refractivity contribution in [2.45, 2.75) is 25.8 Å². The van der Waals surface area contributed by atoms with Crippen molar-refractivity contribution in [2.24, 2.45) is 16.6 Å². The number of benzene rings is 1. The van der Waals surface area contributed by atoms with Crippen molar-refractivity contribution < 1.29 is 4.39 Å². The third kappa shape index (κ3) is 2.07. The second-order valence-electron chi connectivity index (χ2n) is 5.32. The maximum Gasteiger partial charge on any atom is 0.191 e. The molecule has 4 heteroatoms. The Morgan fingerprint density at radius 1 is 1.44 bits per heavy atom. The highest BCUT2D eigenvalue weighted by Crippen LogP contribution is 2.34. The van der Waals surface area contributed by atoms with E-state index in [-0.39, 0.29) is 11.9 Å². The molecule has 1 aliphatic heterocycles. The van der Waals surface area contributed by atoms with Gasteiger partial charge in [0.2, 0.25) is 0 Å². The summed E-state index contributed by atoms with van der Waals surface area (Å²) in [6.07, 6.45) is 2.58. The highest BCUT2D eigenvalue weighted by atomic mass is 19.1. The molecular weight excluding hydrogens is 229 g/mol. The van der Waals surface area contributed by atoms with Gasteiger partial charge in [-0.25, -0.2) is 4.39 Å². The second kappa shape index (κ2) is 4.26. The van der Waals surface area contributed by atoms with Gasteiger partial charge in [-0.15, -0.1) is 0 Å². The van der Waals surface area contributed by atoms with Crippen molar-refractivity contribution in [1.29, 1.82) is 0 Å². The molecule has 2 aliphatic rings. The summed E-state index contributed by atoms with van der Waals surface area (Å²) in [5.74, 6) is 1.24. The summed E-state index contributed by atoms with van der Waals surface area (Å²) in [6, 6.07) is 5.48. The molecule has 1 unspecified atom stereocenters. The predicted molar refractivity (Wildman–Crippen MR) is 69.8 cm³/mol. The standard InChI is InChI=1S/C14H18FN3/c1-9-6-11(4-5-12(9)15)13-7-17-14(16)18(13)8-10-2-3-10/h4-6,10,13H,2-3,7-8H2,1H3,(H2,16,17). The molecule has 1 heterocycles. The Morgan fingerprint density at radius 3 is 2.89 bits per heavy atom. The van der Waals surface area contributed by atoms with Gasteiger partial charge < -0.3 is 10.6 Å². The van der Waals surface area contributed by atoms with Crippen molar-refractivity contribution in [3.05, 3.63) is 35.1 Å². The van der Waals surface area contributed by atoms with E-state index in [0.717, 1.165) is 18.0 Å². The molecule has 96 valence electrons. The monoisotopic (exact) mass is 247 g/mol. The van der Waals surface area contributed by atoms with Crippen LogP contribution in [-0.2, 0) is 0 Å². The molecule has 3 nitrogen and oxygen atoms in total. The zero-order valence-electron chi connectivity index (χ0n) is 10.6. The zero-order valence-corrected chi connectivity index (χ0v) is 10.6. The largest absolute Gasteiger partial charge is 0.370 e. The number of guanidine groups is 1. The van der Waals surface area contributed by atoms with Crippen LogP contribution in [0.5, 0.6) is 0 Å². The maximum atomic E-state index is 13.3. The minimum atomic E-state index is -0.153. The molecule has 0 aromatic heterocycles. The first kappa shape index (κ1) is 11.5. The van der Waals surface area contributed by atoms with Gasteiger partial charge in [-0.3, -0.25) is 4.99 Å². The molecule has 2 N–H and O–H groups in total. The Hall–Kier alpha value is -1.58. The minimum absolute atomic E-state index is 0.153. The number of hydrogen-bond donors (Lipinski definition) is 1. The Balaban J connectivity index is 1.83. The zero-order chi connectivity index (χ0) is 12.7. The molecule has 1 atom stereocenters. The first-order chi connectivity index (χ1) is 8.65. The van der Waals surface area contributed by atoms with E-state index in [1.807, 2.05) is 12.1 Å². The number of nitrogens with two attached hydrogens (primary N) is 1. The van der Waals surface area contributed by atoms with E-state index in [1.54, 1.807) is 6.92 Å². The smallest absolute Gasteiger partial charge is 0.191 e. The van der Waals surface area contributed by atoms with Crippen molar-refractivity contribution in [1.82, 2.24) is 4.90 Å². The lowest BCUT2D eigenvalue weighted by molar-refractivity contribution is 0.333. The quantitative estimate of drug-likeness (QED) is 0.889. The van der Waals surface area contributed by atoms with Crippen LogP contribution >= 0.6 is 0 Å². The number of hydrogen-bond acceptors (Lipinski definition) is 3. The van der Waals surface area contributed by atoms with E-state index in [9.17, 15) is 4.39 Å². The van der Waals surface area contributed by atoms with Crippen molar-refractivity contribution in [3.63, 3.8) is 0 Å². The lowest BCUT2D eigenvalue weighted by Crippen LogP contribution is -2.37. The van der Waals surface area contributed by atoms with Gasteiger partial charge in [0.05, 0.1) is 12.6 Å². The average molecular weight is 247 g/mol. The van der Waals surface area contributed by atoms with Gasteiger partial charge in [0.15, 0.2) is 5.96 Å². The van der Waals surface area contributed by atoms with E-state index < -0.39 is 0 Å². The molecule has 0 amide bonds. The highest BCUT2D eigenvalue weighted by Gasteiger charge is 2.33.